The van der Waals surface area contributed by atoms with Crippen LogP contribution in [-0.2, 0) is 28.7 Å². The predicted molar refractivity (Wildman–Crippen MR) is 202 cm³/mol. The molecule has 0 aromatic carbocycles. The van der Waals surface area contributed by atoms with Gasteiger partial charge in [-0.1, -0.05) is 89.7 Å². The van der Waals surface area contributed by atoms with E-state index in [1.54, 1.807) is 6.92 Å². The maximum Gasteiger partial charge on any atom is 0.362 e. The molecule has 2 atom stereocenters. The van der Waals surface area contributed by atoms with Crippen LogP contribution in [-0.4, -0.2) is 92.4 Å². The van der Waals surface area contributed by atoms with Gasteiger partial charge in [-0.15, -0.1) is 0 Å². The molecule has 0 fully saturated rings. The highest BCUT2D eigenvalue weighted by atomic mass is 16.6. The molecule has 2 amide bonds. The highest BCUT2D eigenvalue weighted by Gasteiger charge is 2.27. The van der Waals surface area contributed by atoms with E-state index in [4.69, 9.17) is 9.47 Å². The average Bonchev–Trinajstić information content (AvgIpc) is 3.04. The summed E-state index contributed by atoms with van der Waals surface area (Å²) in [5.74, 6) is -0.348. The maximum atomic E-state index is 12.8. The number of rotatable bonds is 34. The van der Waals surface area contributed by atoms with Gasteiger partial charge in [0.05, 0.1) is 33.4 Å². The van der Waals surface area contributed by atoms with E-state index < -0.39 is 12.2 Å². The number of unbranched alkanes of at least 4 members (excludes halogenated alkanes) is 15. The van der Waals surface area contributed by atoms with Crippen molar-refractivity contribution in [3.05, 3.63) is 12.2 Å². The Morgan fingerprint density at radius 2 is 1.32 bits per heavy atom. The fourth-order valence-electron chi connectivity index (χ4n) is 5.89. The largest absolute Gasteiger partial charge is 0.466 e. The van der Waals surface area contributed by atoms with E-state index in [0.29, 0.717) is 30.4 Å². The zero-order valence-electron chi connectivity index (χ0n) is 32.7. The molecule has 0 aromatic rings. The van der Waals surface area contributed by atoms with Crippen LogP contribution in [0.1, 0.15) is 162 Å². The zero-order chi connectivity index (χ0) is 37.3. The van der Waals surface area contributed by atoms with Crippen LogP contribution in [0, 0.1) is 0 Å². The van der Waals surface area contributed by atoms with Crippen molar-refractivity contribution in [3.63, 3.8) is 0 Å². The van der Waals surface area contributed by atoms with Gasteiger partial charge in [0.2, 0.25) is 11.8 Å². The Balaban J connectivity index is 4.00. The van der Waals surface area contributed by atoms with Gasteiger partial charge in [-0.2, -0.15) is 0 Å². The maximum absolute atomic E-state index is 12.8. The van der Waals surface area contributed by atoms with Gasteiger partial charge < -0.3 is 29.7 Å². The summed E-state index contributed by atoms with van der Waals surface area (Å²) >= 11 is 0. The predicted octanol–water partition coefficient (Wildman–Crippen LogP) is 7.31. The molecule has 3 N–H and O–H groups in total. The third-order valence-electron chi connectivity index (χ3n) is 8.94. The first-order valence-corrected chi connectivity index (χ1v) is 20.0. The van der Waals surface area contributed by atoms with Crippen LogP contribution in [0.5, 0.6) is 0 Å². The Morgan fingerprint density at radius 1 is 0.720 bits per heavy atom. The quantitative estimate of drug-likeness (QED) is 0.0276. The van der Waals surface area contributed by atoms with Crippen LogP contribution < -0.4 is 10.6 Å². The molecule has 0 aliphatic heterocycles. The zero-order valence-corrected chi connectivity index (χ0v) is 32.7. The standard InChI is InChI=1S/C40H75N3O7/c1-6-7-20-28-38(50-40(48)34-43(4,5)32-25-26-33-49-36(3)45)37(46)27-21-16-12-8-9-13-17-22-29-39(47)42-31-24-19-15-11-10-14-18-23-30-41-35(2)44/h16,21,37-38,46H,6-15,17-20,22-34H2,1-5H3,(H-,41,42,44,47)/p+1/b21-16-. The molecule has 0 aromatic heterocycles. The first kappa shape index (κ1) is 47.5. The molecule has 0 saturated heterocycles. The van der Waals surface area contributed by atoms with E-state index in [9.17, 15) is 24.3 Å². The molecule has 0 radical (unpaired) electrons. The third kappa shape index (κ3) is 32.7. The normalized spacial score (nSPS) is 12.8. The summed E-state index contributed by atoms with van der Waals surface area (Å²) in [7, 11) is 3.98. The molecule has 0 spiro atoms. The van der Waals surface area contributed by atoms with E-state index in [1.165, 1.54) is 39.0 Å². The van der Waals surface area contributed by atoms with Gasteiger partial charge in [-0.3, -0.25) is 14.4 Å². The number of nitrogens with one attached hydrogen (secondary N) is 2. The Hall–Kier alpha value is -2.46. The molecule has 10 nitrogen and oxygen atoms in total. The minimum Gasteiger partial charge on any atom is -0.466 e. The van der Waals surface area contributed by atoms with Gasteiger partial charge in [0.25, 0.3) is 0 Å². The fraction of sp³-hybridized carbons (Fsp3) is 0.850. The second-order valence-corrected chi connectivity index (χ2v) is 14.6. The Kier molecular flexibility index (Phi) is 30.9. The van der Waals surface area contributed by atoms with Gasteiger partial charge >= 0.3 is 11.9 Å². The van der Waals surface area contributed by atoms with Crippen LogP contribution in [0.4, 0.5) is 0 Å². The van der Waals surface area contributed by atoms with Crippen molar-refractivity contribution in [2.24, 2.45) is 0 Å². The Morgan fingerprint density at radius 3 is 1.94 bits per heavy atom. The van der Waals surface area contributed by atoms with Crippen molar-refractivity contribution >= 4 is 23.8 Å². The SMILES string of the molecule is CCCCCC(OC(=O)C[N+](C)(C)CCCCOC(C)=O)C(O)C/C=C\CCCCCCCC(=O)NCCCCCCCCCCNC(C)=O. The van der Waals surface area contributed by atoms with E-state index in [-0.39, 0.29) is 30.3 Å². The molecule has 50 heavy (non-hydrogen) atoms. The summed E-state index contributed by atoms with van der Waals surface area (Å²) in [6.45, 7) is 8.05. The number of aliphatic hydroxyl groups is 1. The monoisotopic (exact) mass is 711 g/mol. The average molecular weight is 711 g/mol. The summed E-state index contributed by atoms with van der Waals surface area (Å²) in [5.41, 5.74) is 0. The number of aliphatic hydroxyl groups excluding tert-OH is 1. The molecule has 0 bridgehead atoms. The molecule has 0 heterocycles. The van der Waals surface area contributed by atoms with Gasteiger partial charge in [0.1, 0.15) is 6.10 Å². The Bertz CT molecular complexity index is 909. The third-order valence-corrected chi connectivity index (χ3v) is 8.94. The van der Waals surface area contributed by atoms with Gasteiger partial charge in [0.15, 0.2) is 6.54 Å². The van der Waals surface area contributed by atoms with E-state index >= 15 is 0 Å². The first-order chi connectivity index (χ1) is 24.0. The summed E-state index contributed by atoms with van der Waals surface area (Å²) in [6.07, 6.45) is 24.9. The highest BCUT2D eigenvalue weighted by molar-refractivity contribution is 5.75. The lowest BCUT2D eigenvalue weighted by Crippen LogP contribution is -2.46. The topological polar surface area (TPSA) is 131 Å². The molecule has 0 aliphatic carbocycles. The lowest BCUT2D eigenvalue weighted by molar-refractivity contribution is -0.883. The lowest BCUT2D eigenvalue weighted by Gasteiger charge is -2.30. The number of quaternary nitrogens is 1. The molecule has 0 rings (SSSR count). The number of hydrogen-bond donors (Lipinski definition) is 3. The summed E-state index contributed by atoms with van der Waals surface area (Å²) < 4.78 is 11.3. The number of amides is 2. The van der Waals surface area contributed by atoms with E-state index in [2.05, 4.69) is 23.6 Å². The molecule has 0 aliphatic rings. The number of likely N-dealkylation sites (N-methyl/N-ethyl adjacent to an activating group) is 1. The van der Waals surface area contributed by atoms with Gasteiger partial charge in [-0.05, 0) is 64.2 Å². The van der Waals surface area contributed by atoms with Crippen molar-refractivity contribution in [2.75, 3.05) is 46.9 Å². The molecular formula is C40H76N3O7+. The molecular weight excluding hydrogens is 634 g/mol. The van der Waals surface area contributed by atoms with Gasteiger partial charge in [0, 0.05) is 33.4 Å². The lowest BCUT2D eigenvalue weighted by atomic mass is 10.0. The van der Waals surface area contributed by atoms with Crippen LogP contribution in [0.3, 0.4) is 0 Å². The number of allylic oxidation sites excluding steroid dienone is 1. The van der Waals surface area contributed by atoms with Crippen molar-refractivity contribution in [2.45, 2.75) is 174 Å². The van der Waals surface area contributed by atoms with Gasteiger partial charge in [-0.25, -0.2) is 4.79 Å². The minimum absolute atomic E-state index is 0.0492. The summed E-state index contributed by atoms with van der Waals surface area (Å²) in [6, 6.07) is 0. The minimum atomic E-state index is -0.721. The highest BCUT2D eigenvalue weighted by Crippen LogP contribution is 2.16. The number of carbonyl (C=O) groups excluding carboxylic acids is 4. The van der Waals surface area contributed by atoms with E-state index in [0.717, 1.165) is 110 Å². The van der Waals surface area contributed by atoms with Crippen molar-refractivity contribution in [1.82, 2.24) is 10.6 Å². The van der Waals surface area contributed by atoms with Crippen LogP contribution in [0.15, 0.2) is 12.2 Å². The van der Waals surface area contributed by atoms with Crippen molar-refractivity contribution < 1.29 is 38.2 Å². The number of hydrogen-bond acceptors (Lipinski definition) is 7. The summed E-state index contributed by atoms with van der Waals surface area (Å²) in [4.78, 5) is 46.7. The van der Waals surface area contributed by atoms with Crippen LogP contribution in [0.25, 0.3) is 0 Å². The van der Waals surface area contributed by atoms with E-state index in [1.807, 2.05) is 20.2 Å². The van der Waals surface area contributed by atoms with Crippen molar-refractivity contribution in [3.8, 4) is 0 Å². The second kappa shape index (κ2) is 32.4. The number of ether oxygens (including phenoxy) is 2. The number of esters is 2. The second-order valence-electron chi connectivity index (χ2n) is 14.6. The number of carbonyl (C=O) groups is 4. The molecule has 10 heteroatoms. The van der Waals surface area contributed by atoms with Crippen LogP contribution >= 0.6 is 0 Å². The molecule has 292 valence electrons. The summed E-state index contributed by atoms with van der Waals surface area (Å²) in [5, 5.41) is 16.8. The fourth-order valence-corrected chi connectivity index (χ4v) is 5.89. The first-order valence-electron chi connectivity index (χ1n) is 20.0. The smallest absolute Gasteiger partial charge is 0.362 e. The Labute approximate surface area is 305 Å². The molecule has 0 saturated carbocycles. The molecule has 2 unspecified atom stereocenters. The van der Waals surface area contributed by atoms with Crippen molar-refractivity contribution in [1.29, 1.82) is 0 Å². The van der Waals surface area contributed by atoms with Crippen LogP contribution in [0.2, 0.25) is 0 Å². The number of nitrogens with zero attached hydrogens (tertiary/aromatic N) is 1.